The number of allylic oxidation sites excluding steroid dienone is 3. The summed E-state index contributed by atoms with van der Waals surface area (Å²) in [7, 11) is 1.89. The van der Waals surface area contributed by atoms with Crippen LogP contribution >= 0.6 is 0 Å². The third-order valence-corrected chi connectivity index (χ3v) is 5.00. The van der Waals surface area contributed by atoms with E-state index in [1.54, 1.807) is 0 Å². The van der Waals surface area contributed by atoms with Crippen molar-refractivity contribution in [2.75, 3.05) is 20.1 Å². The third-order valence-electron chi connectivity index (χ3n) is 5.00. The van der Waals surface area contributed by atoms with Gasteiger partial charge in [-0.15, -0.1) is 0 Å². The molecule has 0 radical (unpaired) electrons. The maximum Gasteiger partial charge on any atom is 0.240 e. The lowest BCUT2D eigenvalue weighted by molar-refractivity contribution is -0.140. The molecule has 0 spiro atoms. The molecular formula is C18H23N3O2. The summed E-state index contributed by atoms with van der Waals surface area (Å²) < 4.78 is 0. The molecule has 2 amide bonds. The van der Waals surface area contributed by atoms with Crippen molar-refractivity contribution < 1.29 is 9.59 Å². The second-order valence-electron chi connectivity index (χ2n) is 6.47. The fourth-order valence-corrected chi connectivity index (χ4v) is 3.43. The maximum absolute atomic E-state index is 12.7. The maximum atomic E-state index is 12.7. The average molecular weight is 313 g/mol. The highest BCUT2D eigenvalue weighted by Crippen LogP contribution is 2.42. The molecule has 0 aromatic rings. The Labute approximate surface area is 137 Å². The fourth-order valence-electron chi connectivity index (χ4n) is 3.43. The highest BCUT2D eigenvalue weighted by Gasteiger charge is 2.54. The summed E-state index contributed by atoms with van der Waals surface area (Å²) in [4.78, 5) is 28.8. The summed E-state index contributed by atoms with van der Waals surface area (Å²) in [5.41, 5.74) is 0.366. The molecule has 0 aromatic heterocycles. The van der Waals surface area contributed by atoms with Crippen molar-refractivity contribution in [3.63, 3.8) is 0 Å². The van der Waals surface area contributed by atoms with Crippen LogP contribution in [0.4, 0.5) is 0 Å². The Hall–Kier alpha value is -2.30. The van der Waals surface area contributed by atoms with Crippen LogP contribution in [0, 0.1) is 11.3 Å². The molecule has 23 heavy (non-hydrogen) atoms. The molecule has 1 fully saturated rings. The zero-order chi connectivity index (χ0) is 16.6. The first kappa shape index (κ1) is 15.6. The number of amides is 2. The van der Waals surface area contributed by atoms with E-state index in [4.69, 9.17) is 0 Å². The molecule has 1 aliphatic carbocycles. The van der Waals surface area contributed by atoms with Crippen LogP contribution in [-0.2, 0) is 9.59 Å². The average Bonchev–Trinajstić information content (AvgIpc) is 2.74. The summed E-state index contributed by atoms with van der Waals surface area (Å²) >= 11 is 0. The summed E-state index contributed by atoms with van der Waals surface area (Å²) in [5.74, 6) is -0.531. The van der Waals surface area contributed by atoms with Crippen molar-refractivity contribution in [3.8, 4) is 0 Å². The molecule has 5 nitrogen and oxygen atoms in total. The monoisotopic (exact) mass is 313 g/mol. The Morgan fingerprint density at radius 3 is 2.70 bits per heavy atom. The molecule has 3 rings (SSSR count). The Balaban J connectivity index is 1.68. The molecular weight excluding hydrogens is 290 g/mol. The zero-order valence-corrected chi connectivity index (χ0v) is 13.8. The highest BCUT2D eigenvalue weighted by atomic mass is 16.2. The number of nitrogens with one attached hydrogen (secondary N) is 1. The van der Waals surface area contributed by atoms with E-state index in [2.05, 4.69) is 23.2 Å². The second-order valence-corrected chi connectivity index (χ2v) is 6.47. The molecule has 3 unspecified atom stereocenters. The van der Waals surface area contributed by atoms with Gasteiger partial charge in [0.25, 0.3) is 0 Å². The lowest BCUT2D eigenvalue weighted by Gasteiger charge is -2.30. The van der Waals surface area contributed by atoms with Gasteiger partial charge in [0.05, 0.1) is 11.3 Å². The van der Waals surface area contributed by atoms with Crippen molar-refractivity contribution >= 4 is 11.8 Å². The van der Waals surface area contributed by atoms with Gasteiger partial charge in [-0.3, -0.25) is 14.5 Å². The number of likely N-dealkylation sites (N-methyl/N-ethyl adjacent to an activating group) is 1. The van der Waals surface area contributed by atoms with Crippen LogP contribution in [0.3, 0.4) is 0 Å². The lowest BCUT2D eigenvalue weighted by atomic mass is 9.76. The smallest absolute Gasteiger partial charge is 0.240 e. The summed E-state index contributed by atoms with van der Waals surface area (Å²) in [6.45, 7) is 5.01. The van der Waals surface area contributed by atoms with Gasteiger partial charge in [0.15, 0.2) is 0 Å². The van der Waals surface area contributed by atoms with Gasteiger partial charge in [0.1, 0.15) is 0 Å². The van der Waals surface area contributed by atoms with Gasteiger partial charge in [0.2, 0.25) is 11.8 Å². The Kier molecular flexibility index (Phi) is 3.88. The number of likely N-dealkylation sites (tertiary alicyclic amines) is 1. The van der Waals surface area contributed by atoms with E-state index in [9.17, 15) is 9.59 Å². The summed E-state index contributed by atoms with van der Waals surface area (Å²) in [5, 5.41) is 3.12. The minimum atomic E-state index is -0.714. The number of fused-ring (bicyclic) bond motifs is 1. The number of hydrogen-bond donors (Lipinski definition) is 1. The first-order chi connectivity index (χ1) is 11.0. The molecule has 2 aliphatic heterocycles. The fraction of sp³-hybridized carbons (Fsp3) is 0.444. The first-order valence-corrected chi connectivity index (χ1v) is 8.03. The molecule has 0 saturated carbocycles. The van der Waals surface area contributed by atoms with E-state index in [1.807, 2.05) is 50.6 Å². The number of rotatable bonds is 4. The van der Waals surface area contributed by atoms with Gasteiger partial charge in [-0.25, -0.2) is 0 Å². The Morgan fingerprint density at radius 1 is 1.26 bits per heavy atom. The van der Waals surface area contributed by atoms with Crippen LogP contribution in [0.1, 0.15) is 13.8 Å². The predicted molar refractivity (Wildman–Crippen MR) is 89.0 cm³/mol. The Morgan fingerprint density at radius 2 is 2.04 bits per heavy atom. The number of carbonyl (C=O) groups excluding carboxylic acids is 2. The van der Waals surface area contributed by atoms with Crippen LogP contribution in [0.5, 0.6) is 0 Å². The molecule has 1 saturated heterocycles. The van der Waals surface area contributed by atoms with Gasteiger partial charge in [0, 0.05) is 38.1 Å². The van der Waals surface area contributed by atoms with Gasteiger partial charge in [-0.1, -0.05) is 24.3 Å². The minimum Gasteiger partial charge on any atom is -0.388 e. The predicted octanol–water partition coefficient (Wildman–Crippen LogP) is 1.42. The highest BCUT2D eigenvalue weighted by molar-refractivity contribution is 6.09. The van der Waals surface area contributed by atoms with Crippen LogP contribution in [0.25, 0.3) is 0 Å². The Bertz CT molecular complexity index is 647. The van der Waals surface area contributed by atoms with E-state index in [1.165, 1.54) is 4.90 Å². The van der Waals surface area contributed by atoms with Gasteiger partial charge in [-0.05, 0) is 26.0 Å². The SMILES string of the molecule is CNC1=CC(C)N(CCN2C(=O)C3C=CC=CC3(C)C2=O)C=C1. The van der Waals surface area contributed by atoms with Crippen molar-refractivity contribution in [1.82, 2.24) is 15.1 Å². The molecule has 0 bridgehead atoms. The topological polar surface area (TPSA) is 52.6 Å². The van der Waals surface area contributed by atoms with Crippen LogP contribution in [0.2, 0.25) is 0 Å². The molecule has 1 N–H and O–H groups in total. The lowest BCUT2D eigenvalue weighted by Crippen LogP contribution is -2.41. The van der Waals surface area contributed by atoms with Crippen molar-refractivity contribution in [2.45, 2.75) is 19.9 Å². The number of carbonyl (C=O) groups is 2. The van der Waals surface area contributed by atoms with Gasteiger partial charge >= 0.3 is 0 Å². The van der Waals surface area contributed by atoms with Gasteiger partial charge < -0.3 is 10.2 Å². The van der Waals surface area contributed by atoms with Crippen LogP contribution in [-0.4, -0.2) is 47.8 Å². The van der Waals surface area contributed by atoms with E-state index in [-0.39, 0.29) is 23.8 Å². The number of imide groups is 1. The third kappa shape index (κ3) is 2.50. The van der Waals surface area contributed by atoms with Gasteiger partial charge in [-0.2, -0.15) is 0 Å². The molecule has 5 heteroatoms. The quantitative estimate of drug-likeness (QED) is 0.798. The molecule has 122 valence electrons. The summed E-state index contributed by atoms with van der Waals surface area (Å²) in [6.07, 6.45) is 13.5. The van der Waals surface area contributed by atoms with Crippen molar-refractivity contribution in [3.05, 3.63) is 48.4 Å². The number of nitrogens with zero attached hydrogens (tertiary/aromatic N) is 2. The van der Waals surface area contributed by atoms with E-state index < -0.39 is 5.41 Å². The number of hydrogen-bond acceptors (Lipinski definition) is 4. The summed E-state index contributed by atoms with van der Waals surface area (Å²) in [6, 6.07) is 0.230. The molecule has 2 heterocycles. The van der Waals surface area contributed by atoms with Crippen molar-refractivity contribution in [1.29, 1.82) is 0 Å². The zero-order valence-electron chi connectivity index (χ0n) is 13.8. The van der Waals surface area contributed by atoms with E-state index >= 15 is 0 Å². The largest absolute Gasteiger partial charge is 0.388 e. The normalized spacial score (nSPS) is 32.4. The first-order valence-electron chi connectivity index (χ1n) is 8.03. The molecule has 3 atom stereocenters. The minimum absolute atomic E-state index is 0.0850. The van der Waals surface area contributed by atoms with Crippen LogP contribution in [0.15, 0.2) is 48.4 Å². The van der Waals surface area contributed by atoms with Crippen LogP contribution < -0.4 is 5.32 Å². The standard InChI is InChI=1S/C18H23N3O2/c1-13-12-14(19-3)7-9-20(13)10-11-21-16(22)15-6-4-5-8-18(15,2)17(21)23/h4-9,12-13,15,19H,10-11H2,1-3H3. The molecule has 3 aliphatic rings. The van der Waals surface area contributed by atoms with E-state index in [0.717, 1.165) is 5.70 Å². The molecule has 0 aromatic carbocycles. The second kappa shape index (κ2) is 5.72. The van der Waals surface area contributed by atoms with E-state index in [0.29, 0.717) is 13.1 Å². The van der Waals surface area contributed by atoms with Crippen molar-refractivity contribution in [2.24, 2.45) is 11.3 Å².